The number of ether oxygens (including phenoxy) is 2. The maximum atomic E-state index is 12.8. The van der Waals surface area contributed by atoms with Gasteiger partial charge in [-0.2, -0.15) is 0 Å². The number of carbonyl (C=O) groups is 2. The van der Waals surface area contributed by atoms with Crippen molar-refractivity contribution in [2.24, 2.45) is 0 Å². The van der Waals surface area contributed by atoms with E-state index in [1.54, 1.807) is 6.08 Å². The number of unbranched alkanes of at least 4 members (excludes halogenated alkanes) is 11. The van der Waals surface area contributed by atoms with Crippen molar-refractivity contribution in [2.75, 3.05) is 13.2 Å². The average molecular weight is 925 g/mol. The van der Waals surface area contributed by atoms with Gasteiger partial charge in [-0.05, 0) is 83.5 Å². The maximum Gasteiger partial charge on any atom is 0.472 e. The van der Waals surface area contributed by atoms with E-state index in [0.29, 0.717) is 32.1 Å². The first-order valence-electron chi connectivity index (χ1n) is 23.5. The molecule has 0 radical (unpaired) electrons. The van der Waals surface area contributed by atoms with E-state index < -0.39 is 81.8 Å². The number of phosphoric ester groups is 1. The van der Waals surface area contributed by atoms with Crippen LogP contribution in [0.4, 0.5) is 0 Å². The molecule has 1 aliphatic carbocycles. The molecule has 64 heavy (non-hydrogen) atoms. The summed E-state index contributed by atoms with van der Waals surface area (Å²) in [5.74, 6) is -1.24. The smallest absolute Gasteiger partial charge is 0.462 e. The summed E-state index contributed by atoms with van der Waals surface area (Å²) in [5, 5.41) is 60.2. The van der Waals surface area contributed by atoms with Crippen molar-refractivity contribution in [1.29, 1.82) is 0 Å². The summed E-state index contributed by atoms with van der Waals surface area (Å²) in [5.41, 5.74) is 0. The number of hydrogen-bond donors (Lipinski definition) is 7. The second kappa shape index (κ2) is 38.1. The summed E-state index contributed by atoms with van der Waals surface area (Å²) in [6, 6.07) is 0. The number of esters is 2. The zero-order valence-electron chi connectivity index (χ0n) is 38.4. The van der Waals surface area contributed by atoms with Gasteiger partial charge in [0, 0.05) is 12.8 Å². The molecule has 1 fully saturated rings. The Kier molecular flexibility index (Phi) is 35.2. The Labute approximate surface area is 382 Å². The first-order valence-corrected chi connectivity index (χ1v) is 25.0. The third-order valence-electron chi connectivity index (χ3n) is 10.3. The van der Waals surface area contributed by atoms with Crippen LogP contribution in [0.2, 0.25) is 0 Å². The van der Waals surface area contributed by atoms with Crippen LogP contribution >= 0.6 is 7.82 Å². The normalized spacial score (nSPS) is 22.8. The van der Waals surface area contributed by atoms with Gasteiger partial charge in [0.1, 0.15) is 43.2 Å². The lowest BCUT2D eigenvalue weighted by Crippen LogP contribution is -2.64. The van der Waals surface area contributed by atoms with Crippen LogP contribution in [0, 0.1) is 0 Å². The molecule has 0 aromatic heterocycles. The van der Waals surface area contributed by atoms with Crippen molar-refractivity contribution < 1.29 is 68.2 Å². The number of rotatable bonds is 37. The monoisotopic (exact) mass is 925 g/mol. The zero-order chi connectivity index (χ0) is 47.3. The van der Waals surface area contributed by atoms with Crippen LogP contribution in [0.25, 0.3) is 0 Å². The van der Waals surface area contributed by atoms with E-state index in [9.17, 15) is 49.7 Å². The van der Waals surface area contributed by atoms with Gasteiger partial charge < -0.3 is 45.0 Å². The summed E-state index contributed by atoms with van der Waals surface area (Å²) in [7, 11) is -5.16. The molecule has 3 unspecified atom stereocenters. The number of phosphoric acid groups is 1. The van der Waals surface area contributed by atoms with E-state index in [1.165, 1.54) is 38.5 Å². The van der Waals surface area contributed by atoms with Crippen LogP contribution in [0.15, 0.2) is 85.1 Å². The lowest BCUT2D eigenvalue weighted by atomic mass is 9.85. The zero-order valence-corrected chi connectivity index (χ0v) is 39.3. The molecule has 0 amide bonds. The standard InChI is InChI=1S/C49H81O14P/c1-3-5-7-9-11-12-13-14-15-16-17-18-19-20-25-29-33-37-43(52)62-41(39-61-64(58,59)63-49-47(56)45(54)44(53)46(55)48(49)57)38-60-42(51)36-32-28-24-22-21-23-27-31-35-40(50)34-30-26-10-8-6-4-2/h11-12,14-15,17-18,22-24,26-27,30-31,35,40-41,44-50,53-57H,3-10,13,16,19-21,25,28-29,32-34,36-39H2,1-2H3,(H,58,59)/b12-11-,15-14-,18-17-,24-22-,27-23-,30-26-,35-31+/t40-,41-,44?,45-,46+,47-,48-,49?/m1/s1. The Morgan fingerprint density at radius 1 is 0.562 bits per heavy atom. The molecule has 0 heterocycles. The van der Waals surface area contributed by atoms with Crippen molar-refractivity contribution in [3.05, 3.63) is 85.1 Å². The van der Waals surface area contributed by atoms with Gasteiger partial charge in [0.25, 0.3) is 0 Å². The highest BCUT2D eigenvalue weighted by Gasteiger charge is 2.51. The highest BCUT2D eigenvalue weighted by Crippen LogP contribution is 2.47. The van der Waals surface area contributed by atoms with Crippen molar-refractivity contribution in [3.8, 4) is 0 Å². The van der Waals surface area contributed by atoms with Crippen LogP contribution in [0.3, 0.4) is 0 Å². The largest absolute Gasteiger partial charge is 0.472 e. The Hall–Kier alpha value is -3.01. The van der Waals surface area contributed by atoms with Crippen LogP contribution in [-0.2, 0) is 32.7 Å². The van der Waals surface area contributed by atoms with Crippen LogP contribution < -0.4 is 0 Å². The summed E-state index contributed by atoms with van der Waals surface area (Å²) in [6.07, 6.45) is 32.3. The molecule has 14 nitrogen and oxygen atoms in total. The van der Waals surface area contributed by atoms with E-state index in [2.05, 4.69) is 56.4 Å². The molecule has 1 aliphatic rings. The first kappa shape index (κ1) is 59.0. The molecule has 1 rings (SSSR count). The van der Waals surface area contributed by atoms with Gasteiger partial charge >= 0.3 is 19.8 Å². The molecule has 0 spiro atoms. The minimum absolute atomic E-state index is 0.0423. The van der Waals surface area contributed by atoms with E-state index in [-0.39, 0.29) is 12.8 Å². The van der Waals surface area contributed by atoms with E-state index in [0.717, 1.165) is 51.4 Å². The van der Waals surface area contributed by atoms with Crippen molar-refractivity contribution in [3.63, 3.8) is 0 Å². The molecule has 15 heteroatoms. The van der Waals surface area contributed by atoms with Crippen molar-refractivity contribution in [2.45, 2.75) is 198 Å². The minimum atomic E-state index is -5.16. The van der Waals surface area contributed by atoms with Gasteiger partial charge in [-0.1, -0.05) is 137 Å². The third-order valence-corrected chi connectivity index (χ3v) is 11.3. The predicted octanol–water partition coefficient (Wildman–Crippen LogP) is 8.25. The van der Waals surface area contributed by atoms with E-state index in [1.807, 2.05) is 36.5 Å². The number of hydrogen-bond acceptors (Lipinski definition) is 13. The highest BCUT2D eigenvalue weighted by molar-refractivity contribution is 7.47. The fourth-order valence-electron chi connectivity index (χ4n) is 6.43. The molecule has 366 valence electrons. The van der Waals surface area contributed by atoms with Gasteiger partial charge in [-0.3, -0.25) is 18.6 Å². The molecule has 0 saturated heterocycles. The van der Waals surface area contributed by atoms with Crippen LogP contribution in [-0.4, -0.2) is 110 Å². The third kappa shape index (κ3) is 30.2. The Bertz CT molecular complexity index is 1460. The average Bonchev–Trinajstić information content (AvgIpc) is 3.27. The quantitative estimate of drug-likeness (QED) is 0.0102. The van der Waals surface area contributed by atoms with Crippen molar-refractivity contribution >= 4 is 19.8 Å². The molecular formula is C49H81O14P. The van der Waals surface area contributed by atoms with Crippen LogP contribution in [0.5, 0.6) is 0 Å². The molecule has 0 aromatic carbocycles. The van der Waals surface area contributed by atoms with Gasteiger partial charge in [-0.15, -0.1) is 0 Å². The lowest BCUT2D eigenvalue weighted by Gasteiger charge is -2.41. The Morgan fingerprint density at radius 2 is 1.05 bits per heavy atom. The van der Waals surface area contributed by atoms with Gasteiger partial charge in [0.15, 0.2) is 6.10 Å². The summed E-state index contributed by atoms with van der Waals surface area (Å²) in [4.78, 5) is 35.7. The predicted molar refractivity (Wildman–Crippen MR) is 250 cm³/mol. The Balaban J connectivity index is 2.55. The number of aliphatic hydroxyl groups excluding tert-OH is 6. The fraction of sp³-hybridized carbons (Fsp3) is 0.673. The SMILES string of the molecule is CCCCC/C=C\C/C=C\C/C=C\CCCCCCC(=O)O[C@H](COC(=O)CCC/C=C\C/C=C\C=C\[C@H](O)C/C=C\CCCCC)COP(=O)(O)OC1[C@H](O)[C@H](O)C(O)[C@H](O)[C@H]1O. The Morgan fingerprint density at radius 3 is 1.64 bits per heavy atom. The number of allylic oxidation sites excluding steroid dienone is 12. The van der Waals surface area contributed by atoms with Gasteiger partial charge in [0.2, 0.25) is 0 Å². The highest BCUT2D eigenvalue weighted by atomic mass is 31.2. The van der Waals surface area contributed by atoms with Crippen LogP contribution in [0.1, 0.15) is 149 Å². The molecule has 0 bridgehead atoms. The second-order valence-electron chi connectivity index (χ2n) is 16.1. The second-order valence-corrected chi connectivity index (χ2v) is 17.5. The molecule has 0 aromatic rings. The van der Waals surface area contributed by atoms with Crippen molar-refractivity contribution in [1.82, 2.24) is 0 Å². The maximum absolute atomic E-state index is 12.8. The molecule has 0 aliphatic heterocycles. The first-order chi connectivity index (χ1) is 30.8. The molecule has 7 N–H and O–H groups in total. The lowest BCUT2D eigenvalue weighted by molar-refractivity contribution is -0.220. The number of aliphatic hydroxyl groups is 6. The van der Waals surface area contributed by atoms with Gasteiger partial charge in [0.05, 0.1) is 12.7 Å². The topological polar surface area (TPSA) is 230 Å². The summed E-state index contributed by atoms with van der Waals surface area (Å²) in [6.45, 7) is 3.09. The summed E-state index contributed by atoms with van der Waals surface area (Å²) < 4.78 is 33.4. The fourth-order valence-corrected chi connectivity index (χ4v) is 7.40. The number of carbonyl (C=O) groups excluding carboxylic acids is 2. The minimum Gasteiger partial charge on any atom is -0.462 e. The molecule has 1 saturated carbocycles. The summed E-state index contributed by atoms with van der Waals surface area (Å²) >= 11 is 0. The molecular weight excluding hydrogens is 843 g/mol. The van der Waals surface area contributed by atoms with Gasteiger partial charge in [-0.25, -0.2) is 4.57 Å². The van der Waals surface area contributed by atoms with E-state index >= 15 is 0 Å². The molecule has 9 atom stereocenters. The van der Waals surface area contributed by atoms with E-state index in [4.69, 9.17) is 18.5 Å².